The number of alkyl halides is 6. The molecule has 0 atom stereocenters. The van der Waals surface area contributed by atoms with E-state index >= 15 is 0 Å². The molecule has 23 heavy (non-hydrogen) atoms. The van der Waals surface area contributed by atoms with Crippen molar-refractivity contribution in [1.29, 1.82) is 0 Å². The van der Waals surface area contributed by atoms with Crippen molar-refractivity contribution in [3.63, 3.8) is 0 Å². The highest BCUT2D eigenvalue weighted by molar-refractivity contribution is 5.44. The van der Waals surface area contributed by atoms with Crippen LogP contribution in [-0.4, -0.2) is 12.4 Å². The van der Waals surface area contributed by atoms with Gasteiger partial charge in [-0.1, -0.05) is 30.3 Å². The molecule has 2 aromatic rings. The molecule has 124 valence electrons. The molecule has 2 rings (SSSR count). The average molecular weight is 340 g/mol. The quantitative estimate of drug-likeness (QED) is 0.644. The number of hydrogen-bond acceptors (Lipinski definition) is 0. The van der Waals surface area contributed by atoms with Gasteiger partial charge in [-0.05, 0) is 23.8 Å². The molecule has 0 heterocycles. The number of benzene rings is 2. The van der Waals surface area contributed by atoms with Crippen LogP contribution in [0.4, 0.5) is 35.1 Å². The van der Waals surface area contributed by atoms with E-state index in [9.17, 15) is 35.1 Å². The van der Waals surface area contributed by atoms with Gasteiger partial charge in [0.05, 0.1) is 0 Å². The van der Waals surface area contributed by atoms with Crippen LogP contribution in [0.2, 0.25) is 0 Å². The lowest BCUT2D eigenvalue weighted by molar-refractivity contribution is -0.289. The van der Waals surface area contributed by atoms with E-state index in [-0.39, 0.29) is 0 Å². The number of hydrogen-bond donors (Lipinski definition) is 0. The van der Waals surface area contributed by atoms with Gasteiger partial charge in [0.1, 0.15) is 11.6 Å². The standard InChI is InChI=1S/C15H8F8/c16-10-7-5-9(6-8-10)13(14(18,19)20,15(21,22)23)11-3-1-2-4-12(11)17/h1-8H. The predicted molar refractivity (Wildman–Crippen MR) is 65.7 cm³/mol. The lowest BCUT2D eigenvalue weighted by Crippen LogP contribution is -2.55. The molecule has 0 spiro atoms. The van der Waals surface area contributed by atoms with Crippen LogP contribution in [0.3, 0.4) is 0 Å². The predicted octanol–water partition coefficient (Wildman–Crippen LogP) is 5.38. The molecule has 8 heteroatoms. The molecule has 0 fully saturated rings. The van der Waals surface area contributed by atoms with Crippen molar-refractivity contribution >= 4 is 0 Å². The van der Waals surface area contributed by atoms with Gasteiger partial charge in [0.15, 0.2) is 0 Å². The lowest BCUT2D eigenvalue weighted by atomic mass is 9.72. The molecule has 0 saturated carbocycles. The topological polar surface area (TPSA) is 0 Å². The molecule has 0 bridgehead atoms. The highest BCUT2D eigenvalue weighted by atomic mass is 19.4. The van der Waals surface area contributed by atoms with Gasteiger partial charge in [-0.2, -0.15) is 26.3 Å². The van der Waals surface area contributed by atoms with Crippen LogP contribution in [0.5, 0.6) is 0 Å². The summed E-state index contributed by atoms with van der Waals surface area (Å²) in [7, 11) is 0. The first-order valence-electron chi connectivity index (χ1n) is 6.16. The molecule has 0 radical (unpaired) electrons. The van der Waals surface area contributed by atoms with Crippen molar-refractivity contribution in [3.05, 3.63) is 71.3 Å². The van der Waals surface area contributed by atoms with Gasteiger partial charge in [0.25, 0.3) is 0 Å². The van der Waals surface area contributed by atoms with Gasteiger partial charge in [0.2, 0.25) is 5.41 Å². The summed E-state index contributed by atoms with van der Waals surface area (Å²) < 4.78 is 108. The van der Waals surface area contributed by atoms with Gasteiger partial charge >= 0.3 is 12.4 Å². The van der Waals surface area contributed by atoms with E-state index in [1.807, 2.05) is 0 Å². The largest absolute Gasteiger partial charge is 0.411 e. The second kappa shape index (κ2) is 5.50. The summed E-state index contributed by atoms with van der Waals surface area (Å²) >= 11 is 0. The molecule has 0 nitrogen and oxygen atoms in total. The van der Waals surface area contributed by atoms with Gasteiger partial charge in [-0.25, -0.2) is 8.78 Å². The van der Waals surface area contributed by atoms with Gasteiger partial charge < -0.3 is 0 Å². The summed E-state index contributed by atoms with van der Waals surface area (Å²) in [5.74, 6) is -2.67. The van der Waals surface area contributed by atoms with E-state index in [2.05, 4.69) is 0 Å². The Hall–Kier alpha value is -2.12. The van der Waals surface area contributed by atoms with Crippen molar-refractivity contribution in [2.24, 2.45) is 0 Å². The Balaban J connectivity index is 2.93. The Morgan fingerprint density at radius 1 is 0.609 bits per heavy atom. The van der Waals surface area contributed by atoms with Crippen LogP contribution in [0.25, 0.3) is 0 Å². The van der Waals surface area contributed by atoms with E-state index < -0.39 is 40.5 Å². The maximum absolute atomic E-state index is 13.8. The Labute approximate surface area is 125 Å². The molecule has 0 saturated heterocycles. The Morgan fingerprint density at radius 3 is 1.52 bits per heavy atom. The van der Waals surface area contributed by atoms with Gasteiger partial charge in [-0.3, -0.25) is 0 Å². The summed E-state index contributed by atoms with van der Waals surface area (Å²) in [6.07, 6.45) is -11.8. The summed E-state index contributed by atoms with van der Waals surface area (Å²) in [6.45, 7) is 0. The Kier molecular flexibility index (Phi) is 4.13. The summed E-state index contributed by atoms with van der Waals surface area (Å²) in [5, 5.41) is 0. The lowest BCUT2D eigenvalue weighted by Gasteiger charge is -2.38. The fourth-order valence-corrected chi connectivity index (χ4v) is 2.41. The molecule has 0 aliphatic heterocycles. The van der Waals surface area contributed by atoms with E-state index in [1.54, 1.807) is 0 Å². The van der Waals surface area contributed by atoms with E-state index in [4.69, 9.17) is 0 Å². The van der Waals surface area contributed by atoms with Gasteiger partial charge in [-0.15, -0.1) is 0 Å². The maximum Gasteiger partial charge on any atom is 0.411 e. The van der Waals surface area contributed by atoms with Crippen LogP contribution < -0.4 is 0 Å². The highest BCUT2D eigenvalue weighted by Gasteiger charge is 2.73. The monoisotopic (exact) mass is 340 g/mol. The third-order valence-electron chi connectivity index (χ3n) is 3.41. The zero-order valence-corrected chi connectivity index (χ0v) is 11.1. The molecular weight excluding hydrogens is 332 g/mol. The van der Waals surface area contributed by atoms with Crippen LogP contribution in [0, 0.1) is 11.6 Å². The first-order valence-corrected chi connectivity index (χ1v) is 6.16. The average Bonchev–Trinajstić information content (AvgIpc) is 2.40. The fraction of sp³-hybridized carbons (Fsp3) is 0.200. The Morgan fingerprint density at radius 2 is 1.09 bits per heavy atom. The zero-order valence-electron chi connectivity index (χ0n) is 11.1. The van der Waals surface area contributed by atoms with Gasteiger partial charge in [0, 0.05) is 5.56 Å². The third-order valence-corrected chi connectivity index (χ3v) is 3.41. The van der Waals surface area contributed by atoms with Crippen molar-refractivity contribution in [1.82, 2.24) is 0 Å². The molecule has 2 aromatic carbocycles. The smallest absolute Gasteiger partial charge is 0.207 e. The minimum absolute atomic E-state index is 0.350. The van der Waals surface area contributed by atoms with Crippen molar-refractivity contribution in [2.75, 3.05) is 0 Å². The molecule has 0 N–H and O–H groups in total. The van der Waals surface area contributed by atoms with Crippen molar-refractivity contribution in [3.8, 4) is 0 Å². The minimum Gasteiger partial charge on any atom is -0.207 e. The molecule has 0 unspecified atom stereocenters. The summed E-state index contributed by atoms with van der Waals surface area (Å²) in [4.78, 5) is 0. The molecular formula is C15H8F8. The van der Waals surface area contributed by atoms with Crippen molar-refractivity contribution < 1.29 is 35.1 Å². The zero-order chi connectivity index (χ0) is 17.5. The molecule has 0 aliphatic rings. The second-order valence-corrected chi connectivity index (χ2v) is 4.73. The van der Waals surface area contributed by atoms with Crippen LogP contribution in [-0.2, 0) is 5.41 Å². The fourth-order valence-electron chi connectivity index (χ4n) is 2.41. The first-order chi connectivity index (χ1) is 10.5. The molecule has 0 amide bonds. The maximum atomic E-state index is 13.8. The minimum atomic E-state index is -5.90. The van der Waals surface area contributed by atoms with Crippen LogP contribution >= 0.6 is 0 Å². The SMILES string of the molecule is Fc1ccc(C(c2ccccc2F)(C(F)(F)F)C(F)(F)F)cc1. The summed E-state index contributed by atoms with van der Waals surface area (Å²) in [6, 6.07) is 4.39. The molecule has 0 aromatic heterocycles. The Bertz CT molecular complexity index is 668. The molecule has 0 aliphatic carbocycles. The third kappa shape index (κ3) is 2.66. The number of rotatable bonds is 2. The van der Waals surface area contributed by atoms with Crippen LogP contribution in [0.1, 0.15) is 11.1 Å². The highest BCUT2D eigenvalue weighted by Crippen LogP contribution is 2.56. The normalized spacial score (nSPS) is 13.2. The van der Waals surface area contributed by atoms with E-state index in [0.29, 0.717) is 36.4 Å². The second-order valence-electron chi connectivity index (χ2n) is 4.73. The first kappa shape index (κ1) is 17.2. The van der Waals surface area contributed by atoms with Crippen molar-refractivity contribution in [2.45, 2.75) is 17.8 Å². The van der Waals surface area contributed by atoms with Crippen LogP contribution in [0.15, 0.2) is 48.5 Å². The number of halogens is 8. The summed E-state index contributed by atoms with van der Waals surface area (Å²) in [5.41, 5.74) is -7.51. The van der Waals surface area contributed by atoms with E-state index in [1.165, 1.54) is 0 Å². The van der Waals surface area contributed by atoms with E-state index in [0.717, 1.165) is 12.1 Å².